The number of ether oxygens (including phenoxy) is 4. The Bertz CT molecular complexity index is 6660. The van der Waals surface area contributed by atoms with Crippen molar-refractivity contribution in [3.8, 4) is 81.0 Å². The third-order valence-electron chi connectivity index (χ3n) is 25.4. The van der Waals surface area contributed by atoms with E-state index in [1.165, 1.54) is 67.1 Å². The number of aliphatic hydroxyl groups excluding tert-OH is 1. The molecule has 0 saturated carbocycles. The van der Waals surface area contributed by atoms with Gasteiger partial charge in [0, 0.05) is 102 Å². The second-order valence-electron chi connectivity index (χ2n) is 38.9. The molecule has 0 fully saturated rings. The molecule has 147 heavy (non-hydrogen) atoms. The van der Waals surface area contributed by atoms with Crippen LogP contribution in [-0.4, -0.2) is 193 Å². The molecule has 7 N–H and O–H groups in total. The standard InChI is InChI=1S/C24H34BNO3SSi.C23H31NO2SSi.C19H22BNO5S2.C18H20BNO3S.C15H13NOS.C8H19BrOSi.CH2O3.CH4.2K.H/c1-24(2,3)31(6,7)29-15-14-28-21-13-10-19-16-22(30-23(19)17-21)18-8-11-20(12-9-18)26(5)25(4)27;1-23(2,3)28(5,6)26-14-13-25-20-12-9-18-15-21(27-22(18)16-20)17-7-10-19(24-4)11-8-17;1-20(22)21(2)16-7-4-14(5-8-16)18-12-15-6-9-17(13-19(15)27-18)25-10-11-26-28(3,23)24;1-19(22)20(2)15-6-3-13(4-7-15)17-11-14-5-8-16(23-10-9-21)12-18(14)24-17;1-16-12-5-2-10(3-6-12)14-8-11-4-7-13(17)9-15(11)18-14;1-8(2,3)11(4,5)10-7-6-9;2-1-4-3;;;;/h8-13,16-17,27H,14-15H2,1-7H3;7-12,15-16,24H,13-14H2,1-6H3;4-9,12-13,22H,10-11H2,1-3H3;3-8,11-12,21-22H,9-10H2,1-2H3;2-9,16-17H,1H3;6-7H2,1-5H3;1,3H;1H4;;;/q;;;;;;;;2*+1;-1/p-1. The van der Waals surface area contributed by atoms with E-state index in [2.05, 4.69) is 271 Å². The first-order valence-corrected chi connectivity index (χ1v) is 63.4. The van der Waals surface area contributed by atoms with Gasteiger partial charge in [-0.15, -0.1) is 56.7 Å². The Hall–Kier alpha value is -6.34. The van der Waals surface area contributed by atoms with Crippen LogP contribution in [0.2, 0.25) is 74.9 Å². The maximum absolute atomic E-state index is 11.0. The van der Waals surface area contributed by atoms with E-state index in [1.54, 1.807) is 88.0 Å². The SMILES string of the molecule is C.CB(O)N(C)c1ccc(-c2cc3ccc(OCCO)cc3s2)cc1.CB(O)N(C)c1ccc(-c2cc3ccc(OCCOS(C)(=O)=O)cc3s2)cc1.CB(O)N(C)c1ccc(-c2cc3ccc(OCCO[Si](C)(C)C(C)(C)C)cc3s2)cc1.CC(C)(C)[Si](C)(C)OCCBr.CNc1ccc(-c2cc3ccc(O)cc3s2)cc1.CNc1ccc(-c2cc3ccc(OCCO[Si](C)(C)C(C)(C)C)cc3s2)cc1.O=CO[O-].[H-].[K+].[K+]. The van der Waals surface area contributed by atoms with Crippen molar-refractivity contribution in [1.82, 2.24) is 0 Å². The summed E-state index contributed by atoms with van der Waals surface area (Å²) in [6.07, 6.45) is 1.02. The van der Waals surface area contributed by atoms with Gasteiger partial charge in [-0.2, -0.15) is 8.42 Å². The average molecular weight is 2280 g/mol. The first kappa shape index (κ1) is 129. The molecule has 23 nitrogen and oxygen atoms in total. The number of anilines is 5. The van der Waals surface area contributed by atoms with Crippen molar-refractivity contribution in [2.45, 2.75) is 145 Å². The van der Waals surface area contributed by atoms with Crippen LogP contribution in [0.5, 0.6) is 28.7 Å². The summed E-state index contributed by atoms with van der Waals surface area (Å²) in [6, 6.07) is 82.2. The van der Waals surface area contributed by atoms with E-state index in [4.69, 9.17) is 47.4 Å². The zero-order valence-corrected chi connectivity index (χ0v) is 105. The number of thiophene rings is 5. The number of alkyl halides is 1. The molecule has 15 rings (SSSR count). The fourth-order valence-electron chi connectivity index (χ4n) is 13.3. The van der Waals surface area contributed by atoms with Crippen LogP contribution < -0.4 is 152 Å². The van der Waals surface area contributed by atoms with Crippen LogP contribution in [0.3, 0.4) is 0 Å². The molecule has 0 unspecified atom stereocenters. The van der Waals surface area contributed by atoms with Crippen molar-refractivity contribution < 1.29 is 189 Å². The molecule has 0 bridgehead atoms. The molecule has 5 heterocycles. The Morgan fingerprint density at radius 3 is 0.864 bits per heavy atom. The Balaban J connectivity index is 0.000000314. The number of aromatic hydroxyl groups is 1. The molecule has 15 aromatic rings. The number of nitrogens with one attached hydrogen (secondary N) is 2. The normalized spacial score (nSPS) is 11.4. The molecule has 0 spiro atoms. The first-order chi connectivity index (χ1) is 68.0. The van der Waals surface area contributed by atoms with E-state index in [0.29, 0.717) is 49.6 Å². The molecular formula is C109H145B3BrK2N5O18S6Si3. The Morgan fingerprint density at radius 1 is 0.395 bits per heavy atom. The van der Waals surface area contributed by atoms with Gasteiger partial charge in [0.25, 0.3) is 16.6 Å². The number of rotatable bonds is 35. The maximum atomic E-state index is 11.0. The summed E-state index contributed by atoms with van der Waals surface area (Å²) in [7, 11) is -0.467. The van der Waals surface area contributed by atoms with Gasteiger partial charge in [-0.3, -0.25) is 8.98 Å². The van der Waals surface area contributed by atoms with E-state index in [-0.39, 0.29) is 148 Å². The number of phenols is 1. The van der Waals surface area contributed by atoms with Crippen molar-refractivity contribution in [3.63, 3.8) is 0 Å². The van der Waals surface area contributed by atoms with Crippen molar-refractivity contribution in [3.05, 3.63) is 243 Å². The van der Waals surface area contributed by atoms with Crippen LogP contribution in [-0.2, 0) is 37.3 Å². The molecular weight excluding hydrogens is 2130 g/mol. The number of nitrogens with zero attached hydrogens (tertiary/aromatic N) is 3. The molecule has 0 aliphatic carbocycles. The Labute approximate surface area is 990 Å². The van der Waals surface area contributed by atoms with Crippen molar-refractivity contribution in [2.75, 3.05) is 131 Å². The minimum absolute atomic E-state index is 0. The molecule has 0 aliphatic rings. The number of fused-ring (bicyclic) bond motifs is 5. The van der Waals surface area contributed by atoms with Gasteiger partial charge >= 0.3 is 124 Å². The topological polar surface area (TPSA) is 292 Å². The maximum Gasteiger partial charge on any atom is 1.00 e. The third-order valence-corrected chi connectivity index (χ3v) is 45.6. The van der Waals surface area contributed by atoms with Gasteiger partial charge in [0.1, 0.15) is 61.8 Å². The van der Waals surface area contributed by atoms with E-state index in [0.717, 1.165) is 99.4 Å². The first-order valence-electron chi connectivity index (χ1n) is 47.6. The van der Waals surface area contributed by atoms with Crippen LogP contribution >= 0.6 is 72.6 Å². The summed E-state index contributed by atoms with van der Waals surface area (Å²) >= 11 is 12.0. The number of carbonyl (C=O) groups excluding carboxylic acids is 1. The Kier molecular flexibility index (Phi) is 53.2. The summed E-state index contributed by atoms with van der Waals surface area (Å²) in [6.45, 7) is 42.7. The summed E-state index contributed by atoms with van der Waals surface area (Å²) in [5.41, 5.74) is 11.0. The van der Waals surface area contributed by atoms with Gasteiger partial charge in [-0.1, -0.05) is 146 Å². The largest absolute Gasteiger partial charge is 1.00 e. The number of carbonyl (C=O) groups is 1. The minimum Gasteiger partial charge on any atom is -1.00 e. The van der Waals surface area contributed by atoms with Gasteiger partial charge in [0.05, 0.1) is 26.1 Å². The van der Waals surface area contributed by atoms with Crippen molar-refractivity contribution in [1.29, 1.82) is 0 Å². The summed E-state index contributed by atoms with van der Waals surface area (Å²) < 4.78 is 73.6. The van der Waals surface area contributed by atoms with E-state index in [1.807, 2.05) is 148 Å². The van der Waals surface area contributed by atoms with Gasteiger partial charge < -0.3 is 94.1 Å². The van der Waals surface area contributed by atoms with Gasteiger partial charge in [-0.05, 0) is 333 Å². The van der Waals surface area contributed by atoms with Crippen LogP contribution in [0.4, 0.5) is 28.4 Å². The summed E-state index contributed by atoms with van der Waals surface area (Å²) in [4.78, 5) is 22.8. The number of halogens is 1. The third kappa shape index (κ3) is 39.9. The molecule has 0 radical (unpaired) electrons. The molecule has 10 aromatic carbocycles. The van der Waals surface area contributed by atoms with E-state index >= 15 is 0 Å². The van der Waals surface area contributed by atoms with Crippen LogP contribution in [0.15, 0.2) is 243 Å². The molecule has 38 heteroatoms. The van der Waals surface area contributed by atoms with E-state index in [9.17, 15) is 28.6 Å². The van der Waals surface area contributed by atoms with Crippen LogP contribution in [0, 0.1) is 0 Å². The second-order valence-corrected chi connectivity index (χ2v) is 61.2. The summed E-state index contributed by atoms with van der Waals surface area (Å²) in [5.74, 6) is 3.56. The van der Waals surface area contributed by atoms with Crippen LogP contribution in [0.1, 0.15) is 71.2 Å². The van der Waals surface area contributed by atoms with E-state index < -0.39 is 56.2 Å². The number of aliphatic hydroxyl groups is 1. The number of benzene rings is 10. The van der Waals surface area contributed by atoms with Gasteiger partial charge in [0.2, 0.25) is 0 Å². The predicted octanol–water partition coefficient (Wildman–Crippen LogP) is 21.4. The summed E-state index contributed by atoms with van der Waals surface area (Å²) in [5, 5.41) is 69.8. The molecule has 0 aliphatic heterocycles. The molecule has 0 amide bonds. The smallest absolute Gasteiger partial charge is 1.00 e. The minimum atomic E-state index is -3.45. The Morgan fingerprint density at radius 2 is 0.633 bits per heavy atom. The molecule has 0 saturated heterocycles. The van der Waals surface area contributed by atoms with Crippen molar-refractivity contribution >= 4 is 214 Å². The second kappa shape index (κ2) is 60.5. The monoisotopic (exact) mass is 2280 g/mol. The van der Waals surface area contributed by atoms with Gasteiger partial charge in [-0.25, -0.2) is 0 Å². The fraction of sp³-hybridized carbons (Fsp3) is 0.349. The molecule has 780 valence electrons. The zero-order valence-electron chi connectivity index (χ0n) is 90.2. The fourth-order valence-corrected chi connectivity index (χ4v) is 22.8. The quantitative estimate of drug-likeness (QED) is 0.00369. The zero-order chi connectivity index (χ0) is 106. The van der Waals surface area contributed by atoms with Crippen molar-refractivity contribution in [2.24, 2.45) is 0 Å². The van der Waals surface area contributed by atoms with Crippen LogP contribution in [0.25, 0.3) is 103 Å². The molecule has 5 aromatic heterocycles. The number of phenolic OH excluding ortho intramolecular Hbond substituents is 1. The number of hydrogen-bond acceptors (Lipinski definition) is 28. The molecule has 0 atom stereocenters. The average Bonchev–Trinajstić information content (AvgIpc) is 1.69. The predicted molar refractivity (Wildman–Crippen MR) is 632 cm³/mol. The van der Waals surface area contributed by atoms with Gasteiger partial charge in [0.15, 0.2) is 25.0 Å². The number of hydrogen-bond donors (Lipinski definition) is 7.